The lowest BCUT2D eigenvalue weighted by Crippen LogP contribution is -1.97. The van der Waals surface area contributed by atoms with Crippen molar-refractivity contribution in [2.75, 3.05) is 0 Å². The smallest absolute Gasteiger partial charge is 0.276 e. The van der Waals surface area contributed by atoms with Gasteiger partial charge in [-0.3, -0.25) is 4.55 Å². The van der Waals surface area contributed by atoms with E-state index in [4.69, 9.17) is 4.55 Å². The molecule has 0 saturated carbocycles. The number of hydrogen-bond donors (Lipinski definition) is 1. The van der Waals surface area contributed by atoms with Crippen molar-refractivity contribution >= 4 is 21.5 Å². The predicted octanol–water partition coefficient (Wildman–Crippen LogP) is 0.541. The molecule has 1 N–H and O–H groups in total. The molecule has 0 unspecified atom stereocenters. The molecule has 0 atom stereocenters. The molecule has 1 heterocycles. The molecule has 6 heteroatoms. The number of hydrogen-bond acceptors (Lipinski definition) is 4. The zero-order chi connectivity index (χ0) is 7.61. The van der Waals surface area contributed by atoms with Crippen LogP contribution in [0.1, 0.15) is 5.01 Å². The average molecular weight is 178 g/mol. The van der Waals surface area contributed by atoms with Gasteiger partial charge in [0.15, 0.2) is 5.75 Å². The van der Waals surface area contributed by atoms with Gasteiger partial charge in [-0.1, -0.05) is 0 Å². The normalized spacial score (nSPS) is 11.7. The third-order valence-electron chi connectivity index (χ3n) is 0.701. The molecule has 0 fully saturated rings. The van der Waals surface area contributed by atoms with Gasteiger partial charge in [-0.05, 0) is 0 Å². The van der Waals surface area contributed by atoms with E-state index < -0.39 is 10.1 Å². The molecule has 1 aromatic rings. The van der Waals surface area contributed by atoms with Crippen molar-refractivity contribution in [3.8, 4) is 0 Å². The fourth-order valence-corrected chi connectivity index (χ4v) is 1.71. The molecule has 0 aliphatic carbocycles. The highest BCUT2D eigenvalue weighted by atomic mass is 32.2. The van der Waals surface area contributed by atoms with Gasteiger partial charge < -0.3 is 0 Å². The molecule has 55 valence electrons. The predicted molar refractivity (Wildman–Crippen MR) is 37.1 cm³/mol. The molecule has 1 radical (unpaired) electrons. The minimum Gasteiger partial charge on any atom is -0.285 e. The lowest BCUT2D eigenvalue weighted by Gasteiger charge is -1.87. The summed E-state index contributed by atoms with van der Waals surface area (Å²) >= 11 is 1.14. The molecule has 4 nitrogen and oxygen atoms in total. The molecular weight excluding hydrogens is 174 g/mol. The molecule has 1 aromatic heterocycles. The van der Waals surface area contributed by atoms with E-state index in [1.165, 1.54) is 6.20 Å². The quantitative estimate of drug-likeness (QED) is 0.671. The molecule has 0 bridgehead atoms. The van der Waals surface area contributed by atoms with Gasteiger partial charge in [0.05, 0.1) is 0 Å². The summed E-state index contributed by atoms with van der Waals surface area (Å²) in [6, 6.07) is 0. The van der Waals surface area contributed by atoms with E-state index in [1.54, 1.807) is 5.38 Å². The van der Waals surface area contributed by atoms with Gasteiger partial charge in [-0.2, -0.15) is 8.42 Å². The largest absolute Gasteiger partial charge is 0.285 e. The molecule has 0 spiro atoms. The topological polar surface area (TPSA) is 67.3 Å². The highest BCUT2D eigenvalue weighted by Crippen LogP contribution is 2.09. The van der Waals surface area contributed by atoms with Crippen molar-refractivity contribution < 1.29 is 13.0 Å². The van der Waals surface area contributed by atoms with Crippen molar-refractivity contribution in [2.45, 2.75) is 0 Å². The summed E-state index contributed by atoms with van der Waals surface area (Å²) in [5.41, 5.74) is 0. The second-order valence-corrected chi connectivity index (χ2v) is 3.69. The van der Waals surface area contributed by atoms with E-state index in [2.05, 4.69) is 4.98 Å². The Hall–Kier alpha value is -0.460. The van der Waals surface area contributed by atoms with Gasteiger partial charge in [0.1, 0.15) is 5.01 Å². The number of aromatic nitrogens is 1. The summed E-state index contributed by atoms with van der Waals surface area (Å²) in [5.74, 6) is 0.706. The standard InChI is InChI=1S/C4H4NO3S2/c6-10(7,8)3-4-5-1-2-9-4/h1-3H,(H,6,7,8). The maximum absolute atomic E-state index is 10.2. The SMILES string of the molecule is O=S(=O)(O)[CH]c1nccs1. The molecule has 0 aliphatic heterocycles. The summed E-state index contributed by atoms with van der Waals surface area (Å²) in [6.45, 7) is 0. The number of rotatable bonds is 2. The first-order valence-electron chi connectivity index (χ1n) is 2.30. The van der Waals surface area contributed by atoms with E-state index in [0.717, 1.165) is 11.3 Å². The van der Waals surface area contributed by atoms with Gasteiger partial charge in [-0.25, -0.2) is 4.98 Å². The van der Waals surface area contributed by atoms with Crippen LogP contribution >= 0.6 is 11.3 Å². The second kappa shape index (κ2) is 2.65. The number of nitrogens with zero attached hydrogens (tertiary/aromatic N) is 1. The maximum atomic E-state index is 10.2. The second-order valence-electron chi connectivity index (χ2n) is 1.50. The van der Waals surface area contributed by atoms with Crippen LogP contribution in [-0.2, 0) is 10.1 Å². The first-order chi connectivity index (χ1) is 4.58. The van der Waals surface area contributed by atoms with Crippen molar-refractivity contribution in [3.63, 3.8) is 0 Å². The Morgan fingerprint density at radius 2 is 2.40 bits per heavy atom. The maximum Gasteiger partial charge on any atom is 0.276 e. The highest BCUT2D eigenvalue weighted by Gasteiger charge is 2.08. The Balaban J connectivity index is 2.75. The summed E-state index contributed by atoms with van der Waals surface area (Å²) in [4.78, 5) is 3.63. The van der Waals surface area contributed by atoms with Crippen LogP contribution in [0.2, 0.25) is 0 Å². The van der Waals surface area contributed by atoms with Crippen LogP contribution in [0.4, 0.5) is 0 Å². The molecule has 10 heavy (non-hydrogen) atoms. The van der Waals surface area contributed by atoms with Crippen LogP contribution in [0, 0.1) is 5.75 Å². The summed E-state index contributed by atoms with van der Waals surface area (Å²) < 4.78 is 28.6. The third-order valence-corrected chi connectivity index (χ3v) is 2.09. The summed E-state index contributed by atoms with van der Waals surface area (Å²) in [6.07, 6.45) is 1.46. The van der Waals surface area contributed by atoms with Crippen LogP contribution in [0.3, 0.4) is 0 Å². The monoisotopic (exact) mass is 178 g/mol. The first kappa shape index (κ1) is 7.64. The Labute approximate surface area is 62.3 Å². The zero-order valence-electron chi connectivity index (χ0n) is 4.76. The van der Waals surface area contributed by atoms with Crippen LogP contribution in [-0.4, -0.2) is 18.0 Å². The van der Waals surface area contributed by atoms with Crippen LogP contribution < -0.4 is 0 Å². The van der Waals surface area contributed by atoms with E-state index in [9.17, 15) is 8.42 Å². The lowest BCUT2D eigenvalue weighted by atomic mass is 10.8. The minimum atomic E-state index is -4.02. The number of thiazole rings is 1. The van der Waals surface area contributed by atoms with Crippen LogP contribution in [0.25, 0.3) is 0 Å². The minimum absolute atomic E-state index is 0.280. The van der Waals surface area contributed by atoms with Crippen molar-refractivity contribution in [1.29, 1.82) is 0 Å². The molecule has 0 aromatic carbocycles. The van der Waals surface area contributed by atoms with Gasteiger partial charge in [0.2, 0.25) is 0 Å². The van der Waals surface area contributed by atoms with Crippen LogP contribution in [0.5, 0.6) is 0 Å². The Kier molecular flexibility index (Phi) is 2.02. The summed E-state index contributed by atoms with van der Waals surface area (Å²) in [5, 5.41) is 1.90. The fourth-order valence-electron chi connectivity index (χ4n) is 0.420. The van der Waals surface area contributed by atoms with E-state index >= 15 is 0 Å². The van der Waals surface area contributed by atoms with Gasteiger partial charge in [0, 0.05) is 11.6 Å². The molecule has 0 aliphatic rings. The Morgan fingerprint density at radius 1 is 1.70 bits per heavy atom. The van der Waals surface area contributed by atoms with Crippen molar-refractivity contribution in [1.82, 2.24) is 4.98 Å². The lowest BCUT2D eigenvalue weighted by molar-refractivity contribution is 0.491. The highest BCUT2D eigenvalue weighted by molar-refractivity contribution is 7.88. The van der Waals surface area contributed by atoms with Crippen LogP contribution in [0.15, 0.2) is 11.6 Å². The first-order valence-corrected chi connectivity index (χ1v) is 4.68. The van der Waals surface area contributed by atoms with Gasteiger partial charge in [0.25, 0.3) is 10.1 Å². The third kappa shape index (κ3) is 2.42. The van der Waals surface area contributed by atoms with E-state index in [0.29, 0.717) is 5.75 Å². The van der Waals surface area contributed by atoms with Gasteiger partial charge >= 0.3 is 0 Å². The van der Waals surface area contributed by atoms with E-state index in [1.807, 2.05) is 0 Å². The van der Waals surface area contributed by atoms with Crippen molar-refractivity contribution in [2.24, 2.45) is 0 Å². The Bertz CT molecular complexity index is 288. The van der Waals surface area contributed by atoms with Crippen molar-refractivity contribution in [3.05, 3.63) is 22.3 Å². The Morgan fingerprint density at radius 3 is 2.80 bits per heavy atom. The van der Waals surface area contributed by atoms with E-state index in [-0.39, 0.29) is 5.01 Å². The average Bonchev–Trinajstić information content (AvgIpc) is 2.12. The molecule has 1 rings (SSSR count). The van der Waals surface area contributed by atoms with Gasteiger partial charge in [-0.15, -0.1) is 11.3 Å². The zero-order valence-corrected chi connectivity index (χ0v) is 6.39. The fraction of sp³-hybridized carbons (Fsp3) is 0. The molecule has 0 amide bonds. The molecular formula is C4H4NO3S2. The molecule has 0 saturated heterocycles. The summed E-state index contributed by atoms with van der Waals surface area (Å²) in [7, 11) is -4.02.